The van der Waals surface area contributed by atoms with Crippen molar-refractivity contribution >= 4 is 0 Å². The number of nitrogens with zero attached hydrogens (tertiary/aromatic N) is 1. The summed E-state index contributed by atoms with van der Waals surface area (Å²) in [6, 6.07) is 8.27. The smallest absolute Gasteiger partial charge is 0.208 e. The number of hydrogen-bond acceptors (Lipinski definition) is 3. The van der Waals surface area contributed by atoms with Gasteiger partial charge in [0.1, 0.15) is 11.5 Å². The Balaban J connectivity index is 2.45. The minimum absolute atomic E-state index is 0.346. The van der Waals surface area contributed by atoms with Crippen LogP contribution in [-0.4, -0.2) is 4.98 Å². The Bertz CT molecular complexity index is 471. The van der Waals surface area contributed by atoms with E-state index in [1.165, 1.54) is 5.56 Å². The molecule has 0 saturated heterocycles. The van der Waals surface area contributed by atoms with Gasteiger partial charge < -0.3 is 10.2 Å². The second-order valence-electron chi connectivity index (χ2n) is 3.80. The van der Waals surface area contributed by atoms with Gasteiger partial charge in [0.2, 0.25) is 5.89 Å². The van der Waals surface area contributed by atoms with Crippen LogP contribution < -0.4 is 5.73 Å². The molecule has 0 aliphatic heterocycles. The minimum atomic E-state index is 0.346. The zero-order valence-corrected chi connectivity index (χ0v) is 9.66. The third-order valence-electron chi connectivity index (χ3n) is 2.56. The van der Waals surface area contributed by atoms with Gasteiger partial charge in [-0.25, -0.2) is 4.98 Å². The van der Waals surface area contributed by atoms with E-state index in [1.54, 1.807) is 0 Å². The molecule has 0 aliphatic rings. The molecule has 3 heteroatoms. The third kappa shape index (κ3) is 1.99. The molecule has 0 saturated carbocycles. The number of benzene rings is 1. The first-order chi connectivity index (χ1) is 7.74. The SMILES string of the molecule is CCc1oc(CN)nc1-c1ccc(C)cc1. The van der Waals surface area contributed by atoms with Gasteiger partial charge in [0.15, 0.2) is 0 Å². The monoisotopic (exact) mass is 216 g/mol. The Labute approximate surface area is 95.3 Å². The summed E-state index contributed by atoms with van der Waals surface area (Å²) in [4.78, 5) is 4.41. The molecule has 1 aromatic carbocycles. The maximum Gasteiger partial charge on any atom is 0.208 e. The highest BCUT2D eigenvalue weighted by Crippen LogP contribution is 2.24. The lowest BCUT2D eigenvalue weighted by Crippen LogP contribution is -1.95. The van der Waals surface area contributed by atoms with Crippen LogP contribution in [0.1, 0.15) is 24.1 Å². The number of nitrogens with two attached hydrogens (primary N) is 1. The molecule has 2 N–H and O–H groups in total. The van der Waals surface area contributed by atoms with Crippen LogP contribution in [0.25, 0.3) is 11.3 Å². The predicted molar refractivity (Wildman–Crippen MR) is 63.9 cm³/mol. The molecule has 2 aromatic rings. The van der Waals surface area contributed by atoms with Crippen LogP contribution in [0.2, 0.25) is 0 Å². The molecule has 0 radical (unpaired) electrons. The normalized spacial score (nSPS) is 10.7. The fourth-order valence-corrected chi connectivity index (χ4v) is 1.66. The van der Waals surface area contributed by atoms with Crippen molar-refractivity contribution in [2.45, 2.75) is 26.8 Å². The summed E-state index contributed by atoms with van der Waals surface area (Å²) in [6.07, 6.45) is 0.830. The fraction of sp³-hybridized carbons (Fsp3) is 0.308. The van der Waals surface area contributed by atoms with E-state index in [1.807, 2.05) is 0 Å². The first-order valence-corrected chi connectivity index (χ1v) is 5.50. The minimum Gasteiger partial charge on any atom is -0.444 e. The summed E-state index contributed by atoms with van der Waals surface area (Å²) < 4.78 is 5.56. The van der Waals surface area contributed by atoms with Gasteiger partial charge in [-0.05, 0) is 6.92 Å². The maximum absolute atomic E-state index is 5.56. The summed E-state index contributed by atoms with van der Waals surface area (Å²) in [5.74, 6) is 1.51. The number of aromatic nitrogens is 1. The first-order valence-electron chi connectivity index (χ1n) is 5.50. The zero-order chi connectivity index (χ0) is 11.5. The maximum atomic E-state index is 5.56. The van der Waals surface area contributed by atoms with Crippen molar-refractivity contribution in [2.24, 2.45) is 5.73 Å². The molecular weight excluding hydrogens is 200 g/mol. The van der Waals surface area contributed by atoms with Crippen molar-refractivity contribution < 1.29 is 4.42 Å². The topological polar surface area (TPSA) is 52.0 Å². The Morgan fingerprint density at radius 3 is 2.50 bits per heavy atom. The predicted octanol–water partition coefficient (Wildman–Crippen LogP) is 2.67. The highest BCUT2D eigenvalue weighted by Gasteiger charge is 2.12. The van der Waals surface area contributed by atoms with Gasteiger partial charge in [0.05, 0.1) is 6.54 Å². The van der Waals surface area contributed by atoms with E-state index in [4.69, 9.17) is 10.2 Å². The molecule has 0 atom stereocenters. The van der Waals surface area contributed by atoms with Gasteiger partial charge in [0, 0.05) is 12.0 Å². The van der Waals surface area contributed by atoms with Crippen LogP contribution >= 0.6 is 0 Å². The number of aryl methyl sites for hydroxylation is 2. The van der Waals surface area contributed by atoms with Gasteiger partial charge in [-0.3, -0.25) is 0 Å². The van der Waals surface area contributed by atoms with E-state index >= 15 is 0 Å². The average Bonchev–Trinajstić information content (AvgIpc) is 2.73. The fourth-order valence-electron chi connectivity index (χ4n) is 1.66. The van der Waals surface area contributed by atoms with Crippen molar-refractivity contribution in [1.82, 2.24) is 4.98 Å². The highest BCUT2D eigenvalue weighted by molar-refractivity contribution is 5.61. The Morgan fingerprint density at radius 1 is 1.25 bits per heavy atom. The highest BCUT2D eigenvalue weighted by atomic mass is 16.4. The summed E-state index contributed by atoms with van der Waals surface area (Å²) in [5, 5.41) is 0. The molecular formula is C13H16N2O. The lowest BCUT2D eigenvalue weighted by atomic mass is 10.1. The quantitative estimate of drug-likeness (QED) is 0.858. The summed E-state index contributed by atoms with van der Waals surface area (Å²) in [5.41, 5.74) is 8.78. The molecule has 3 nitrogen and oxygen atoms in total. The van der Waals surface area contributed by atoms with Crippen LogP contribution in [-0.2, 0) is 13.0 Å². The van der Waals surface area contributed by atoms with E-state index in [0.29, 0.717) is 12.4 Å². The Kier molecular flexibility index (Phi) is 3.06. The van der Waals surface area contributed by atoms with Crippen LogP contribution in [0.5, 0.6) is 0 Å². The average molecular weight is 216 g/mol. The summed E-state index contributed by atoms with van der Waals surface area (Å²) in [7, 11) is 0. The van der Waals surface area contributed by atoms with Gasteiger partial charge in [0.25, 0.3) is 0 Å². The summed E-state index contributed by atoms with van der Waals surface area (Å²) in [6.45, 7) is 4.47. The van der Waals surface area contributed by atoms with Crippen molar-refractivity contribution in [3.05, 3.63) is 41.5 Å². The van der Waals surface area contributed by atoms with Crippen molar-refractivity contribution in [1.29, 1.82) is 0 Å². The second kappa shape index (κ2) is 4.49. The first kappa shape index (κ1) is 10.9. The van der Waals surface area contributed by atoms with Crippen LogP contribution in [0.4, 0.5) is 0 Å². The van der Waals surface area contributed by atoms with Crippen LogP contribution in [0.3, 0.4) is 0 Å². The number of rotatable bonds is 3. The standard InChI is InChI=1S/C13H16N2O/c1-3-11-13(15-12(8-14)16-11)10-6-4-9(2)5-7-10/h4-7H,3,8,14H2,1-2H3. The summed E-state index contributed by atoms with van der Waals surface area (Å²) >= 11 is 0. The molecule has 0 fully saturated rings. The van der Waals surface area contributed by atoms with Crippen molar-refractivity contribution in [3.63, 3.8) is 0 Å². The van der Waals surface area contributed by atoms with E-state index < -0.39 is 0 Å². The molecule has 16 heavy (non-hydrogen) atoms. The molecule has 2 rings (SSSR count). The van der Waals surface area contributed by atoms with Gasteiger partial charge in [-0.15, -0.1) is 0 Å². The van der Waals surface area contributed by atoms with Crippen LogP contribution in [0, 0.1) is 6.92 Å². The zero-order valence-electron chi connectivity index (χ0n) is 9.66. The molecule has 0 amide bonds. The molecule has 1 heterocycles. The van der Waals surface area contributed by atoms with Crippen molar-refractivity contribution in [2.75, 3.05) is 0 Å². The number of oxazole rings is 1. The second-order valence-corrected chi connectivity index (χ2v) is 3.80. The van der Waals surface area contributed by atoms with E-state index in [0.717, 1.165) is 23.4 Å². The molecule has 0 spiro atoms. The Hall–Kier alpha value is -1.61. The Morgan fingerprint density at radius 2 is 1.94 bits per heavy atom. The van der Waals surface area contributed by atoms with E-state index in [9.17, 15) is 0 Å². The van der Waals surface area contributed by atoms with Crippen molar-refractivity contribution in [3.8, 4) is 11.3 Å². The van der Waals surface area contributed by atoms with E-state index in [2.05, 4.69) is 43.1 Å². The molecule has 1 aromatic heterocycles. The third-order valence-corrected chi connectivity index (χ3v) is 2.56. The lowest BCUT2D eigenvalue weighted by Gasteiger charge is -1.99. The number of hydrogen-bond donors (Lipinski definition) is 1. The van der Waals surface area contributed by atoms with E-state index in [-0.39, 0.29) is 0 Å². The molecule has 84 valence electrons. The molecule has 0 aliphatic carbocycles. The van der Waals surface area contributed by atoms with Gasteiger partial charge in [-0.2, -0.15) is 0 Å². The van der Waals surface area contributed by atoms with Gasteiger partial charge in [-0.1, -0.05) is 36.8 Å². The molecule has 0 unspecified atom stereocenters. The van der Waals surface area contributed by atoms with Crippen LogP contribution in [0.15, 0.2) is 28.7 Å². The largest absolute Gasteiger partial charge is 0.444 e. The lowest BCUT2D eigenvalue weighted by molar-refractivity contribution is 0.461. The van der Waals surface area contributed by atoms with Gasteiger partial charge >= 0.3 is 0 Å². The molecule has 0 bridgehead atoms.